The molecule has 1 aromatic rings. The quantitative estimate of drug-likeness (QED) is 0.683. The molecule has 6 heteroatoms. The molecule has 17 heavy (non-hydrogen) atoms. The maximum absolute atomic E-state index is 11.2. The predicted octanol–water partition coefficient (Wildman–Crippen LogP) is 3.88. The van der Waals surface area contributed by atoms with Crippen LogP contribution in [0.3, 0.4) is 0 Å². The third kappa shape index (κ3) is 5.17. The van der Waals surface area contributed by atoms with Gasteiger partial charge < -0.3 is 0 Å². The van der Waals surface area contributed by atoms with E-state index in [0.717, 1.165) is 10.0 Å². The molecule has 96 valence electrons. The number of Topliss-reactive ketones (excluding diaryl/α,β-unsaturated/α-hetero) is 1. The van der Waals surface area contributed by atoms with Crippen LogP contribution in [0.15, 0.2) is 22.7 Å². The fourth-order valence-corrected chi connectivity index (χ4v) is 3.23. The standard InChI is InChI=1S/C11H11BrO2.2ClH.Ru/c1-7-6-10(12)4-5-11(7)14-9(3)8(2)13;;;/h1,4-6,9H,2-3H3;2*1H;/q;;;+2/p-2. The summed E-state index contributed by atoms with van der Waals surface area (Å²) in [4.78, 5) is 11.2. The average molecular weight is 427 g/mol. The molecule has 0 N–H and O–H groups in total. The van der Waals surface area contributed by atoms with Crippen LogP contribution in [0, 0.1) is 0 Å². The molecule has 0 aromatic heterocycles. The van der Waals surface area contributed by atoms with Crippen molar-refractivity contribution in [3.05, 3.63) is 28.2 Å². The molecule has 1 unspecified atom stereocenters. The van der Waals surface area contributed by atoms with Crippen molar-refractivity contribution < 1.29 is 23.0 Å². The summed E-state index contributed by atoms with van der Waals surface area (Å²) in [6.07, 6.45) is -0.477. The Morgan fingerprint density at radius 3 is 2.71 bits per heavy atom. The monoisotopic (exact) mass is 426 g/mol. The summed E-state index contributed by atoms with van der Waals surface area (Å²) >= 11 is 1.45. The van der Waals surface area contributed by atoms with E-state index in [1.165, 1.54) is 6.92 Å². The number of hydrogen-bond acceptors (Lipinski definition) is 2. The molecule has 0 fully saturated rings. The van der Waals surface area contributed by atoms with E-state index in [2.05, 4.69) is 15.9 Å². The third-order valence-corrected chi connectivity index (χ3v) is 4.36. The van der Waals surface area contributed by atoms with Gasteiger partial charge in [-0.25, -0.2) is 0 Å². The topological polar surface area (TPSA) is 26.3 Å². The number of benzene rings is 1. The molecule has 0 saturated carbocycles. The van der Waals surface area contributed by atoms with Crippen LogP contribution in [0.25, 0.3) is 0 Å². The summed E-state index contributed by atoms with van der Waals surface area (Å²) in [6, 6.07) is 5.51. The van der Waals surface area contributed by atoms with Crippen molar-refractivity contribution in [3.63, 3.8) is 0 Å². The molecule has 2 nitrogen and oxygen atoms in total. The molecular formula is C11H11BrCl2O2Ru. The minimum atomic E-state index is -1.92. The molecule has 0 aliphatic heterocycles. The van der Waals surface area contributed by atoms with Gasteiger partial charge in [0.15, 0.2) is 0 Å². The second-order valence-corrected chi connectivity index (χ2v) is 10.0. The summed E-state index contributed by atoms with van der Waals surface area (Å²) < 4.78 is 8.27. The number of ether oxygens (including phenoxy) is 1. The van der Waals surface area contributed by atoms with Crippen molar-refractivity contribution in [2.45, 2.75) is 20.0 Å². The van der Waals surface area contributed by atoms with E-state index in [1.54, 1.807) is 17.6 Å². The van der Waals surface area contributed by atoms with Crippen molar-refractivity contribution in [1.82, 2.24) is 0 Å². The molecule has 0 radical (unpaired) electrons. The fraction of sp³-hybridized carbons (Fsp3) is 0.273. The molecule has 0 aliphatic rings. The summed E-state index contributed by atoms with van der Waals surface area (Å²) in [5.41, 5.74) is 0.816. The van der Waals surface area contributed by atoms with E-state index in [-0.39, 0.29) is 5.78 Å². The Hall–Kier alpha value is 0.243. The van der Waals surface area contributed by atoms with Gasteiger partial charge in [-0.2, -0.15) is 0 Å². The number of carbonyl (C=O) groups excluding carboxylic acids is 1. The van der Waals surface area contributed by atoms with Gasteiger partial charge in [0.25, 0.3) is 0 Å². The molecule has 1 aromatic carbocycles. The van der Waals surface area contributed by atoms with Crippen LogP contribution in [-0.2, 0) is 18.3 Å². The molecule has 0 bridgehead atoms. The van der Waals surface area contributed by atoms with Gasteiger partial charge in [-0.05, 0) is 0 Å². The van der Waals surface area contributed by atoms with Crippen LogP contribution in [0.2, 0.25) is 0 Å². The molecule has 0 aliphatic carbocycles. The van der Waals surface area contributed by atoms with E-state index in [0.29, 0.717) is 5.75 Å². The first-order valence-electron chi connectivity index (χ1n) is 4.70. The van der Waals surface area contributed by atoms with Gasteiger partial charge in [0.1, 0.15) is 0 Å². The molecular weight excluding hydrogens is 416 g/mol. The van der Waals surface area contributed by atoms with Crippen molar-refractivity contribution in [2.24, 2.45) is 0 Å². The van der Waals surface area contributed by atoms with Crippen LogP contribution in [-0.4, -0.2) is 16.5 Å². The van der Waals surface area contributed by atoms with Crippen LogP contribution in [0.5, 0.6) is 5.75 Å². The second kappa shape index (κ2) is 6.99. The maximum atomic E-state index is 11.2. The second-order valence-electron chi connectivity index (χ2n) is 3.36. The first kappa shape index (κ1) is 15.3. The van der Waals surface area contributed by atoms with Crippen LogP contribution < -0.4 is 4.74 Å². The number of ketones is 1. The normalized spacial score (nSPS) is 12.9. The molecule has 0 saturated heterocycles. The molecule has 1 atom stereocenters. The van der Waals surface area contributed by atoms with Crippen molar-refractivity contribution in [3.8, 4) is 5.75 Å². The Morgan fingerprint density at radius 1 is 1.53 bits per heavy atom. The zero-order valence-corrected chi connectivity index (χ0v) is 14.0. The SMILES string of the molecule is CC(=O)C(C)Oc1ccc(Br)cc1[CH]=[Ru]([Cl])[Cl]. The van der Waals surface area contributed by atoms with Gasteiger partial charge in [0.2, 0.25) is 0 Å². The van der Waals surface area contributed by atoms with E-state index < -0.39 is 19.6 Å². The van der Waals surface area contributed by atoms with E-state index in [4.69, 9.17) is 24.1 Å². The van der Waals surface area contributed by atoms with Crippen LogP contribution >= 0.6 is 35.3 Å². The molecule has 0 amide bonds. The van der Waals surface area contributed by atoms with Gasteiger partial charge in [0.05, 0.1) is 0 Å². The fourth-order valence-electron chi connectivity index (χ4n) is 1.06. The Kier molecular flexibility index (Phi) is 6.29. The van der Waals surface area contributed by atoms with Gasteiger partial charge >= 0.3 is 123 Å². The summed E-state index contributed by atoms with van der Waals surface area (Å²) in [5.74, 6) is 0.598. The van der Waals surface area contributed by atoms with Gasteiger partial charge in [-0.3, -0.25) is 0 Å². The Morgan fingerprint density at radius 2 is 2.18 bits per heavy atom. The van der Waals surface area contributed by atoms with Gasteiger partial charge in [0, 0.05) is 0 Å². The predicted molar refractivity (Wildman–Crippen MR) is 71.8 cm³/mol. The van der Waals surface area contributed by atoms with Crippen molar-refractivity contribution >= 4 is 45.7 Å². The average Bonchev–Trinajstić information content (AvgIpc) is 2.20. The molecule has 1 rings (SSSR count). The zero-order valence-electron chi connectivity index (χ0n) is 9.19. The Balaban J connectivity index is 3.06. The minimum absolute atomic E-state index is 0.0233. The van der Waals surface area contributed by atoms with Gasteiger partial charge in [-0.1, -0.05) is 0 Å². The van der Waals surface area contributed by atoms with Crippen LogP contribution in [0.1, 0.15) is 19.4 Å². The van der Waals surface area contributed by atoms with Crippen molar-refractivity contribution in [2.75, 3.05) is 0 Å². The Bertz CT molecular complexity index is 459. The van der Waals surface area contributed by atoms with Gasteiger partial charge in [-0.15, -0.1) is 0 Å². The van der Waals surface area contributed by atoms with E-state index >= 15 is 0 Å². The zero-order chi connectivity index (χ0) is 13.0. The summed E-state index contributed by atoms with van der Waals surface area (Å²) in [5, 5.41) is 0. The number of halogens is 3. The number of hydrogen-bond donors (Lipinski definition) is 0. The first-order chi connectivity index (χ1) is 7.90. The number of carbonyl (C=O) groups is 1. The van der Waals surface area contributed by atoms with E-state index in [1.807, 2.05) is 12.1 Å². The van der Waals surface area contributed by atoms with Crippen molar-refractivity contribution in [1.29, 1.82) is 0 Å². The molecule has 0 spiro atoms. The van der Waals surface area contributed by atoms with Crippen LogP contribution in [0.4, 0.5) is 0 Å². The first-order valence-corrected chi connectivity index (χ1v) is 11.0. The Labute approximate surface area is 122 Å². The molecule has 0 heterocycles. The third-order valence-electron chi connectivity index (χ3n) is 2.04. The summed E-state index contributed by atoms with van der Waals surface area (Å²) in [7, 11) is 11.7. The van der Waals surface area contributed by atoms with E-state index in [9.17, 15) is 4.79 Å². The summed E-state index contributed by atoms with van der Waals surface area (Å²) in [6.45, 7) is 3.21. The number of rotatable bonds is 4.